The van der Waals surface area contributed by atoms with Gasteiger partial charge in [0.25, 0.3) is 5.91 Å². The number of aromatic hydroxyl groups is 1. The molecule has 0 saturated heterocycles. The van der Waals surface area contributed by atoms with Crippen molar-refractivity contribution >= 4 is 5.91 Å². The number of phenols is 1. The van der Waals surface area contributed by atoms with Crippen LogP contribution in [0.15, 0.2) is 48.5 Å². The topological polar surface area (TPSA) is 69.2 Å². The first-order chi connectivity index (χ1) is 13.1. The SMILES string of the molecule is CCCCN1C(=O)c2[nH]nc(-c3ccccc3O)c2[C@H]1c1ccc(C)cc1. The number of hydrogen-bond acceptors (Lipinski definition) is 3. The van der Waals surface area contributed by atoms with Crippen molar-refractivity contribution < 1.29 is 9.90 Å². The molecule has 1 atom stereocenters. The Hall–Kier alpha value is -3.08. The maximum absolute atomic E-state index is 13.1. The summed E-state index contributed by atoms with van der Waals surface area (Å²) in [4.78, 5) is 15.0. The second-order valence-corrected chi connectivity index (χ2v) is 7.04. The fourth-order valence-electron chi connectivity index (χ4n) is 3.73. The van der Waals surface area contributed by atoms with Crippen LogP contribution in [0.1, 0.15) is 53.0 Å². The van der Waals surface area contributed by atoms with Crippen molar-refractivity contribution in [2.24, 2.45) is 0 Å². The van der Waals surface area contributed by atoms with Crippen LogP contribution in [0.3, 0.4) is 0 Å². The Balaban J connectivity index is 1.88. The van der Waals surface area contributed by atoms with E-state index in [0.717, 1.165) is 24.0 Å². The Bertz CT molecular complexity index is 975. The first-order valence-electron chi connectivity index (χ1n) is 9.36. The van der Waals surface area contributed by atoms with E-state index in [4.69, 9.17) is 0 Å². The molecule has 1 amide bonds. The first-order valence-corrected chi connectivity index (χ1v) is 9.36. The third kappa shape index (κ3) is 2.89. The number of fused-ring (bicyclic) bond motifs is 1. The predicted molar refractivity (Wildman–Crippen MR) is 105 cm³/mol. The molecule has 0 aliphatic carbocycles. The van der Waals surface area contributed by atoms with E-state index in [9.17, 15) is 9.90 Å². The van der Waals surface area contributed by atoms with Crippen LogP contribution in [-0.2, 0) is 0 Å². The number of para-hydroxylation sites is 1. The second kappa shape index (κ2) is 6.91. The quantitative estimate of drug-likeness (QED) is 0.706. The number of aromatic nitrogens is 2. The van der Waals surface area contributed by atoms with Crippen LogP contribution in [0.5, 0.6) is 5.75 Å². The average Bonchev–Trinajstić information content (AvgIpc) is 3.21. The summed E-state index contributed by atoms with van der Waals surface area (Å²) in [5, 5.41) is 17.6. The lowest BCUT2D eigenvalue weighted by molar-refractivity contribution is 0.0741. The molecular weight excluding hydrogens is 338 g/mol. The largest absolute Gasteiger partial charge is 0.507 e. The minimum absolute atomic E-state index is 0.0294. The summed E-state index contributed by atoms with van der Waals surface area (Å²) in [6, 6.07) is 15.2. The van der Waals surface area contributed by atoms with E-state index in [2.05, 4.69) is 48.3 Å². The highest BCUT2D eigenvalue weighted by molar-refractivity contribution is 6.00. The standard InChI is InChI=1S/C22H23N3O2/c1-3-4-13-25-21(15-11-9-14(2)10-12-15)18-19(23-24-20(18)22(25)27)16-7-5-6-8-17(16)26/h5-12,21,26H,3-4,13H2,1-2H3,(H,23,24)/t21-/m1/s1. The molecule has 2 aromatic carbocycles. The molecule has 0 unspecified atom stereocenters. The van der Waals surface area contributed by atoms with Gasteiger partial charge in [-0.05, 0) is 31.0 Å². The number of amides is 1. The highest BCUT2D eigenvalue weighted by atomic mass is 16.3. The average molecular weight is 361 g/mol. The van der Waals surface area contributed by atoms with Crippen LogP contribution in [0.4, 0.5) is 0 Å². The third-order valence-corrected chi connectivity index (χ3v) is 5.17. The minimum atomic E-state index is -0.201. The molecule has 0 saturated carbocycles. The van der Waals surface area contributed by atoms with E-state index in [0.29, 0.717) is 23.5 Å². The molecule has 1 aliphatic heterocycles. The number of phenolic OH excluding ortho intramolecular Hbond substituents is 1. The van der Waals surface area contributed by atoms with E-state index in [1.54, 1.807) is 12.1 Å². The van der Waals surface area contributed by atoms with Gasteiger partial charge < -0.3 is 10.0 Å². The van der Waals surface area contributed by atoms with Crippen LogP contribution in [0.2, 0.25) is 0 Å². The van der Waals surface area contributed by atoms with E-state index < -0.39 is 0 Å². The summed E-state index contributed by atoms with van der Waals surface area (Å²) in [5.74, 6) is 0.132. The van der Waals surface area contributed by atoms with Gasteiger partial charge >= 0.3 is 0 Å². The van der Waals surface area contributed by atoms with Gasteiger partial charge in [-0.2, -0.15) is 5.10 Å². The molecule has 0 radical (unpaired) electrons. The number of nitrogens with one attached hydrogen (secondary N) is 1. The summed E-state index contributed by atoms with van der Waals surface area (Å²) >= 11 is 0. The summed E-state index contributed by atoms with van der Waals surface area (Å²) in [6.45, 7) is 4.86. The molecule has 0 fully saturated rings. The number of hydrogen-bond donors (Lipinski definition) is 2. The van der Waals surface area contributed by atoms with E-state index in [-0.39, 0.29) is 17.7 Å². The fourth-order valence-corrected chi connectivity index (χ4v) is 3.73. The van der Waals surface area contributed by atoms with Crippen LogP contribution in [0.25, 0.3) is 11.3 Å². The second-order valence-electron chi connectivity index (χ2n) is 7.04. The van der Waals surface area contributed by atoms with Gasteiger partial charge in [-0.15, -0.1) is 0 Å². The van der Waals surface area contributed by atoms with Crippen molar-refractivity contribution in [3.8, 4) is 17.0 Å². The Morgan fingerprint density at radius 1 is 1.15 bits per heavy atom. The number of carbonyl (C=O) groups excluding carboxylic acids is 1. The number of aryl methyl sites for hydroxylation is 1. The maximum Gasteiger partial charge on any atom is 0.273 e. The van der Waals surface area contributed by atoms with E-state index >= 15 is 0 Å². The fraction of sp³-hybridized carbons (Fsp3) is 0.273. The highest BCUT2D eigenvalue weighted by Crippen LogP contribution is 2.44. The van der Waals surface area contributed by atoms with Gasteiger partial charge in [0.1, 0.15) is 17.1 Å². The van der Waals surface area contributed by atoms with Gasteiger partial charge in [0.05, 0.1) is 6.04 Å². The zero-order chi connectivity index (χ0) is 19.0. The summed E-state index contributed by atoms with van der Waals surface area (Å²) < 4.78 is 0. The number of nitrogens with zero attached hydrogens (tertiary/aromatic N) is 2. The number of benzene rings is 2. The van der Waals surface area contributed by atoms with Crippen LogP contribution in [0, 0.1) is 6.92 Å². The van der Waals surface area contributed by atoms with Crippen molar-refractivity contribution in [1.29, 1.82) is 0 Å². The van der Waals surface area contributed by atoms with Gasteiger partial charge in [0, 0.05) is 17.7 Å². The molecule has 27 heavy (non-hydrogen) atoms. The summed E-state index contributed by atoms with van der Waals surface area (Å²) in [7, 11) is 0. The van der Waals surface area contributed by atoms with Crippen molar-refractivity contribution in [1.82, 2.24) is 15.1 Å². The number of H-pyrrole nitrogens is 1. The third-order valence-electron chi connectivity index (χ3n) is 5.17. The Labute approximate surface area is 158 Å². The van der Waals surface area contributed by atoms with Crippen LogP contribution < -0.4 is 0 Å². The molecule has 0 bridgehead atoms. The van der Waals surface area contributed by atoms with E-state index in [1.807, 2.05) is 17.0 Å². The summed E-state index contributed by atoms with van der Waals surface area (Å²) in [6.07, 6.45) is 1.96. The monoisotopic (exact) mass is 361 g/mol. The molecule has 0 spiro atoms. The zero-order valence-electron chi connectivity index (χ0n) is 15.6. The first kappa shape index (κ1) is 17.3. The summed E-state index contributed by atoms with van der Waals surface area (Å²) in [5.41, 5.74) is 4.88. The lowest BCUT2D eigenvalue weighted by atomic mass is 9.95. The molecule has 2 N–H and O–H groups in total. The molecule has 1 aromatic heterocycles. The molecule has 2 heterocycles. The van der Waals surface area contributed by atoms with Crippen molar-refractivity contribution in [3.05, 3.63) is 70.9 Å². The normalized spacial score (nSPS) is 16.0. The van der Waals surface area contributed by atoms with Gasteiger partial charge in [0.15, 0.2) is 0 Å². The molecule has 138 valence electrons. The number of rotatable bonds is 5. The van der Waals surface area contributed by atoms with Gasteiger partial charge in [-0.1, -0.05) is 55.3 Å². The minimum Gasteiger partial charge on any atom is -0.507 e. The van der Waals surface area contributed by atoms with E-state index in [1.165, 1.54) is 5.56 Å². The van der Waals surface area contributed by atoms with Gasteiger partial charge in [0.2, 0.25) is 0 Å². The highest BCUT2D eigenvalue weighted by Gasteiger charge is 2.42. The van der Waals surface area contributed by atoms with Gasteiger partial charge in [-0.25, -0.2) is 0 Å². The smallest absolute Gasteiger partial charge is 0.273 e. The lowest BCUT2D eigenvalue weighted by Gasteiger charge is -2.26. The van der Waals surface area contributed by atoms with Crippen molar-refractivity contribution in [3.63, 3.8) is 0 Å². The predicted octanol–water partition coefficient (Wildman–Crippen LogP) is 4.44. The molecule has 4 rings (SSSR count). The number of unbranched alkanes of at least 4 members (excludes halogenated alkanes) is 1. The molecule has 5 nitrogen and oxygen atoms in total. The molecule has 5 heteroatoms. The van der Waals surface area contributed by atoms with Crippen LogP contribution in [-0.4, -0.2) is 32.7 Å². The van der Waals surface area contributed by atoms with Crippen molar-refractivity contribution in [2.45, 2.75) is 32.7 Å². The Kier molecular flexibility index (Phi) is 4.44. The van der Waals surface area contributed by atoms with Crippen LogP contribution >= 0.6 is 0 Å². The Morgan fingerprint density at radius 2 is 1.89 bits per heavy atom. The molecule has 3 aromatic rings. The lowest BCUT2D eigenvalue weighted by Crippen LogP contribution is -2.30. The molecule has 1 aliphatic rings. The zero-order valence-corrected chi connectivity index (χ0v) is 15.6. The van der Waals surface area contributed by atoms with Crippen molar-refractivity contribution in [2.75, 3.05) is 6.54 Å². The Morgan fingerprint density at radius 3 is 2.59 bits per heavy atom. The number of aromatic amines is 1. The maximum atomic E-state index is 13.1. The molecular formula is C22H23N3O2. The van der Waals surface area contributed by atoms with Gasteiger partial charge in [-0.3, -0.25) is 9.89 Å². The number of carbonyl (C=O) groups is 1.